The lowest BCUT2D eigenvalue weighted by atomic mass is 9.93. The molecule has 0 aliphatic rings. The van der Waals surface area contributed by atoms with Crippen LogP contribution >= 0.6 is 34.0 Å². The summed E-state index contributed by atoms with van der Waals surface area (Å²) >= 11 is 5.41. The minimum absolute atomic E-state index is 0.184. The third kappa shape index (κ3) is 22.2. The number of amides is 1. The van der Waals surface area contributed by atoms with Gasteiger partial charge >= 0.3 is 5.97 Å². The molecule has 1 N–H and O–H groups in total. The van der Waals surface area contributed by atoms with Crippen molar-refractivity contribution in [2.24, 2.45) is 11.8 Å². The van der Waals surface area contributed by atoms with Gasteiger partial charge in [-0.15, -0.1) is 11.3 Å². The van der Waals surface area contributed by atoms with E-state index in [0.717, 1.165) is 30.2 Å². The lowest BCUT2D eigenvalue weighted by molar-refractivity contribution is -0.142. The topological polar surface area (TPSA) is 85.4 Å². The second kappa shape index (κ2) is 24.4. The minimum atomic E-state index is -0.748. The molecule has 6 nitrogen and oxygen atoms in total. The summed E-state index contributed by atoms with van der Waals surface area (Å²) in [6.07, 6.45) is 14.4. The average Bonchev–Trinajstić information content (AvgIpc) is 3.41. The Hall–Kier alpha value is -1.06. The van der Waals surface area contributed by atoms with Crippen LogP contribution in [0.5, 0.6) is 0 Å². The van der Waals surface area contributed by atoms with Crippen molar-refractivity contribution in [2.45, 2.75) is 125 Å². The molecule has 0 spiro atoms. The van der Waals surface area contributed by atoms with Crippen LogP contribution in [0.3, 0.4) is 0 Å². The number of thiazole rings is 1. The number of esters is 1. The van der Waals surface area contributed by atoms with Crippen LogP contribution in [0.15, 0.2) is 5.38 Å². The van der Waals surface area contributed by atoms with Gasteiger partial charge in [-0.05, 0) is 48.7 Å². The maximum absolute atomic E-state index is 11.8. The molecule has 1 amide bonds. The van der Waals surface area contributed by atoms with Crippen LogP contribution in [0.1, 0.15) is 123 Å². The lowest BCUT2D eigenvalue weighted by Gasteiger charge is -2.40. The van der Waals surface area contributed by atoms with Crippen LogP contribution in [0.2, 0.25) is 0 Å². The number of carbonyl (C=O) groups is 3. The maximum Gasteiger partial charge on any atom is 0.329 e. The van der Waals surface area contributed by atoms with Crippen molar-refractivity contribution in [1.29, 1.82) is 0 Å². The van der Waals surface area contributed by atoms with Gasteiger partial charge < -0.3 is 10.1 Å². The van der Waals surface area contributed by atoms with Gasteiger partial charge in [-0.25, -0.2) is 19.8 Å². The van der Waals surface area contributed by atoms with E-state index in [2.05, 4.69) is 102 Å². The van der Waals surface area contributed by atoms with E-state index < -0.39 is 12.0 Å². The van der Waals surface area contributed by atoms with Crippen molar-refractivity contribution in [3.63, 3.8) is 0 Å². The van der Waals surface area contributed by atoms with Gasteiger partial charge in [0.15, 0.2) is 0 Å². The summed E-state index contributed by atoms with van der Waals surface area (Å²) in [6, 6.07) is -0.748. The van der Waals surface area contributed by atoms with Crippen molar-refractivity contribution in [3.05, 3.63) is 16.1 Å². The highest BCUT2D eigenvalue weighted by molar-refractivity contribution is 8.33. The minimum Gasteiger partial charge on any atom is -0.467 e. The Morgan fingerprint density at radius 2 is 1.56 bits per heavy atom. The molecular formula is C32H64N2O4S3. The summed E-state index contributed by atoms with van der Waals surface area (Å²) in [5.41, 5.74) is 0.322. The molecule has 0 aliphatic heterocycles. The molecule has 0 saturated heterocycles. The van der Waals surface area contributed by atoms with Crippen molar-refractivity contribution in [3.8, 4) is 0 Å². The first-order valence-electron chi connectivity index (χ1n) is 15.0. The zero-order valence-corrected chi connectivity index (χ0v) is 31.3. The summed E-state index contributed by atoms with van der Waals surface area (Å²) in [7, 11) is 0.927. The lowest BCUT2D eigenvalue weighted by Crippen LogP contribution is -2.43. The highest BCUT2D eigenvalue weighted by atomic mass is 32.3. The monoisotopic (exact) mass is 636 g/mol. The van der Waals surface area contributed by atoms with Gasteiger partial charge in [0.25, 0.3) is 5.91 Å². The summed E-state index contributed by atoms with van der Waals surface area (Å²) in [6.45, 7) is 21.8. The number of aromatic nitrogens is 1. The van der Waals surface area contributed by atoms with E-state index in [4.69, 9.17) is 0 Å². The summed E-state index contributed by atoms with van der Waals surface area (Å²) in [5, 5.41) is 5.08. The fourth-order valence-corrected chi connectivity index (χ4v) is 3.43. The van der Waals surface area contributed by atoms with E-state index >= 15 is 0 Å². The smallest absolute Gasteiger partial charge is 0.329 e. The molecule has 1 rings (SSSR count). The molecule has 1 heterocycles. The molecule has 0 saturated carbocycles. The molecule has 41 heavy (non-hydrogen) atoms. The molecule has 2 unspecified atom stereocenters. The second-order valence-corrected chi connectivity index (χ2v) is 18.2. The number of ether oxygens (including phenoxy) is 1. The molecular weight excluding hydrogens is 573 g/mol. The standard InChI is InChI=1S/C10H14N2O3S2.C10H20O.C7H18S.C5H12/c1-3-8-11-7(5-17-8)9(13)12-6(4-16)10(14)15-2;1-4-7-8-9(5-2)10(11)6-3;1-7(2,3)8(4,5)6;1-4-5(2)3/h5-6,16H,3-4H2,1-2H3,(H,12,13);9H,4-8H2,1-3H3;1-6H3;5H,4H2,1-3H3. The predicted molar refractivity (Wildman–Crippen MR) is 187 cm³/mol. The molecule has 1 aromatic rings. The van der Waals surface area contributed by atoms with E-state index in [0.29, 0.717) is 28.6 Å². The van der Waals surface area contributed by atoms with Crippen molar-refractivity contribution >= 4 is 51.7 Å². The third-order valence-electron chi connectivity index (χ3n) is 6.92. The van der Waals surface area contributed by atoms with Crippen LogP contribution in [0.25, 0.3) is 0 Å². The number of unbranched alkanes of at least 4 members (excludes halogenated alkanes) is 1. The van der Waals surface area contributed by atoms with Crippen LogP contribution in [0, 0.1) is 11.8 Å². The highest BCUT2D eigenvalue weighted by Crippen LogP contribution is 2.48. The predicted octanol–water partition coefficient (Wildman–Crippen LogP) is 8.62. The Kier molecular flexibility index (Phi) is 26.4. The van der Waals surface area contributed by atoms with E-state index in [1.54, 1.807) is 5.38 Å². The van der Waals surface area contributed by atoms with Gasteiger partial charge in [0.2, 0.25) is 0 Å². The molecule has 9 heteroatoms. The fourth-order valence-electron chi connectivity index (χ4n) is 2.46. The number of hydrogen-bond acceptors (Lipinski definition) is 7. The first-order chi connectivity index (χ1) is 18.9. The highest BCUT2D eigenvalue weighted by Gasteiger charge is 2.22. The van der Waals surface area contributed by atoms with Crippen LogP contribution in [0.4, 0.5) is 0 Å². The third-order valence-corrected chi connectivity index (χ3v) is 11.9. The number of hydrogen-bond donors (Lipinski definition) is 2. The number of nitrogens with zero attached hydrogens (tertiary/aromatic N) is 1. The van der Waals surface area contributed by atoms with Crippen LogP contribution < -0.4 is 5.32 Å². The first-order valence-corrected chi connectivity index (χ1v) is 19.4. The van der Waals surface area contributed by atoms with E-state index in [-0.39, 0.29) is 21.7 Å². The molecule has 0 bridgehead atoms. The van der Waals surface area contributed by atoms with E-state index in [9.17, 15) is 14.4 Å². The van der Waals surface area contributed by atoms with Gasteiger partial charge in [0.05, 0.1) is 12.1 Å². The van der Waals surface area contributed by atoms with Gasteiger partial charge in [0, 0.05) is 23.5 Å². The van der Waals surface area contributed by atoms with Gasteiger partial charge in [-0.3, -0.25) is 9.59 Å². The number of aryl methyl sites for hydroxylation is 1. The van der Waals surface area contributed by atoms with Crippen LogP contribution in [-0.4, -0.2) is 65.1 Å². The summed E-state index contributed by atoms with van der Waals surface area (Å²) in [5.74, 6) is 0.962. The number of nitrogens with one attached hydrogen (secondary N) is 1. The second-order valence-electron chi connectivity index (χ2n) is 12.0. The molecule has 0 radical (unpaired) electrons. The van der Waals surface area contributed by atoms with Crippen molar-refractivity contribution < 1.29 is 19.1 Å². The van der Waals surface area contributed by atoms with E-state index in [1.807, 2.05) is 13.8 Å². The average molecular weight is 637 g/mol. The Balaban J connectivity index is -0.000000519. The van der Waals surface area contributed by atoms with Gasteiger partial charge in [-0.2, -0.15) is 12.6 Å². The summed E-state index contributed by atoms with van der Waals surface area (Å²) in [4.78, 5) is 38.4. The van der Waals surface area contributed by atoms with Gasteiger partial charge in [-0.1, -0.05) is 88.5 Å². The molecule has 0 aliphatic carbocycles. The number of carbonyl (C=O) groups excluding carboxylic acids is 3. The Labute approximate surface area is 264 Å². The molecule has 244 valence electrons. The summed E-state index contributed by atoms with van der Waals surface area (Å²) < 4.78 is 5.07. The Morgan fingerprint density at radius 3 is 1.85 bits per heavy atom. The normalized spacial score (nSPS) is 12.8. The molecule has 2 atom stereocenters. The molecule has 0 aromatic carbocycles. The molecule has 0 fully saturated rings. The van der Waals surface area contributed by atoms with Crippen molar-refractivity contribution in [2.75, 3.05) is 31.6 Å². The number of rotatable bonds is 12. The fraction of sp³-hybridized carbons (Fsp3) is 0.812. The largest absolute Gasteiger partial charge is 0.467 e. The zero-order valence-electron chi connectivity index (χ0n) is 28.8. The zero-order chi connectivity index (χ0) is 32.8. The Morgan fingerprint density at radius 1 is 1.05 bits per heavy atom. The first kappa shape index (κ1) is 44.4. The van der Waals surface area contributed by atoms with Gasteiger partial charge in [0.1, 0.15) is 17.5 Å². The SMILES string of the molecule is CC(C)(C)S(C)(C)C.CCC(C)C.CCCCC(CC)C(=O)CC.CCc1nc(C(=O)NC(CS)C(=O)OC)cs1. The molecule has 1 aromatic heterocycles. The Bertz CT molecular complexity index is 816. The number of methoxy groups -OCH3 is 1. The van der Waals surface area contributed by atoms with Crippen molar-refractivity contribution in [1.82, 2.24) is 10.3 Å². The number of Topliss-reactive ketones (excluding diaryl/α,β-unsaturated/α-hetero) is 1. The van der Waals surface area contributed by atoms with Crippen LogP contribution in [-0.2, 0) is 20.7 Å². The quantitative estimate of drug-likeness (QED) is 0.177. The maximum atomic E-state index is 11.8. The number of thiol groups is 1. The van der Waals surface area contributed by atoms with E-state index in [1.165, 1.54) is 37.7 Å². The number of ketones is 1.